The van der Waals surface area contributed by atoms with Crippen molar-refractivity contribution in [3.05, 3.63) is 29.8 Å². The highest BCUT2D eigenvalue weighted by atomic mass is 16.5. The van der Waals surface area contributed by atoms with Crippen molar-refractivity contribution < 1.29 is 9.53 Å². The van der Waals surface area contributed by atoms with Crippen molar-refractivity contribution in [2.24, 2.45) is 11.8 Å². The monoisotopic (exact) mass is 244 g/mol. The quantitative estimate of drug-likeness (QED) is 0.796. The van der Waals surface area contributed by atoms with Gasteiger partial charge >= 0.3 is 0 Å². The lowest BCUT2D eigenvalue weighted by molar-refractivity contribution is -0.123. The van der Waals surface area contributed by atoms with Crippen molar-refractivity contribution in [1.82, 2.24) is 10.6 Å². The van der Waals surface area contributed by atoms with Gasteiger partial charge in [-0.15, -0.1) is 0 Å². The number of hydrogen-bond donors (Lipinski definition) is 2. The summed E-state index contributed by atoms with van der Waals surface area (Å²) in [5, 5.41) is 6.51. The molecule has 4 nitrogen and oxygen atoms in total. The number of nitrogens with one attached hydrogen (secondary N) is 2. The van der Waals surface area contributed by atoms with Gasteiger partial charge in [-0.2, -0.15) is 0 Å². The molecule has 4 rings (SSSR count). The van der Waals surface area contributed by atoms with E-state index in [2.05, 4.69) is 10.6 Å². The van der Waals surface area contributed by atoms with Gasteiger partial charge in [-0.25, -0.2) is 0 Å². The maximum atomic E-state index is 12.3. The maximum absolute atomic E-state index is 12.3. The number of hydrogen-bond acceptors (Lipinski definition) is 3. The van der Waals surface area contributed by atoms with Crippen molar-refractivity contribution in [2.45, 2.75) is 12.0 Å². The van der Waals surface area contributed by atoms with Gasteiger partial charge in [-0.1, -0.05) is 18.2 Å². The van der Waals surface area contributed by atoms with Crippen LogP contribution in [0.25, 0.3) is 0 Å². The summed E-state index contributed by atoms with van der Waals surface area (Å²) in [6.07, 6.45) is 0. The molecule has 1 saturated heterocycles. The van der Waals surface area contributed by atoms with E-state index in [1.165, 1.54) is 0 Å². The van der Waals surface area contributed by atoms with E-state index in [0.717, 1.165) is 24.4 Å². The zero-order valence-electron chi connectivity index (χ0n) is 10.1. The third kappa shape index (κ3) is 1.45. The van der Waals surface area contributed by atoms with E-state index in [4.69, 9.17) is 4.74 Å². The summed E-state index contributed by atoms with van der Waals surface area (Å²) in [5.74, 6) is 2.17. The zero-order valence-corrected chi connectivity index (χ0v) is 10.1. The largest absolute Gasteiger partial charge is 0.492 e. The third-order valence-corrected chi connectivity index (χ3v) is 4.42. The Hall–Kier alpha value is -1.55. The maximum Gasteiger partial charge on any atom is 0.231 e. The van der Waals surface area contributed by atoms with Crippen LogP contribution in [-0.4, -0.2) is 31.6 Å². The smallest absolute Gasteiger partial charge is 0.231 e. The minimum Gasteiger partial charge on any atom is -0.492 e. The number of carbonyl (C=O) groups is 1. The topological polar surface area (TPSA) is 50.4 Å². The first-order valence-corrected chi connectivity index (χ1v) is 6.57. The lowest BCUT2D eigenvalue weighted by Crippen LogP contribution is -2.36. The summed E-state index contributed by atoms with van der Waals surface area (Å²) >= 11 is 0. The molecule has 1 saturated carbocycles. The highest BCUT2D eigenvalue weighted by Gasteiger charge is 2.54. The van der Waals surface area contributed by atoms with Gasteiger partial charge in [0.15, 0.2) is 0 Å². The molecule has 2 N–H and O–H groups in total. The van der Waals surface area contributed by atoms with Gasteiger partial charge in [0, 0.05) is 24.7 Å². The summed E-state index contributed by atoms with van der Waals surface area (Å²) in [6, 6.07) is 8.21. The van der Waals surface area contributed by atoms with Gasteiger partial charge in [-0.3, -0.25) is 4.79 Å². The van der Waals surface area contributed by atoms with E-state index in [1.54, 1.807) is 0 Å². The normalized spacial score (nSPS) is 35.6. The summed E-state index contributed by atoms with van der Waals surface area (Å²) in [4.78, 5) is 12.3. The first-order valence-electron chi connectivity index (χ1n) is 6.57. The van der Waals surface area contributed by atoms with Crippen molar-refractivity contribution in [3.63, 3.8) is 0 Å². The molecule has 18 heavy (non-hydrogen) atoms. The summed E-state index contributed by atoms with van der Waals surface area (Å²) in [5.41, 5.74) is 1.03. The number of amides is 1. The van der Waals surface area contributed by atoms with Gasteiger partial charge in [0.25, 0.3) is 0 Å². The second kappa shape index (κ2) is 3.72. The summed E-state index contributed by atoms with van der Waals surface area (Å²) in [6.45, 7) is 2.58. The molecule has 2 aliphatic heterocycles. The minimum absolute atomic E-state index is 0.124. The fourth-order valence-corrected chi connectivity index (χ4v) is 3.28. The molecule has 2 heterocycles. The lowest BCUT2D eigenvalue weighted by atomic mass is 10.0. The van der Waals surface area contributed by atoms with Crippen LogP contribution in [0.15, 0.2) is 24.3 Å². The Kier molecular flexibility index (Phi) is 2.14. The van der Waals surface area contributed by atoms with Crippen molar-refractivity contribution in [2.75, 3.05) is 19.7 Å². The number of fused-ring (bicyclic) bond motifs is 2. The Morgan fingerprint density at radius 3 is 2.89 bits per heavy atom. The van der Waals surface area contributed by atoms with Crippen molar-refractivity contribution in [1.29, 1.82) is 0 Å². The van der Waals surface area contributed by atoms with Gasteiger partial charge in [-0.05, 0) is 17.9 Å². The highest BCUT2D eigenvalue weighted by molar-refractivity contribution is 5.86. The predicted molar refractivity (Wildman–Crippen MR) is 66.5 cm³/mol. The Morgan fingerprint density at radius 2 is 2.06 bits per heavy atom. The van der Waals surface area contributed by atoms with E-state index < -0.39 is 0 Å². The fraction of sp³-hybridized carbons (Fsp3) is 0.500. The van der Waals surface area contributed by atoms with E-state index in [-0.39, 0.29) is 11.8 Å². The number of ether oxygens (including phenoxy) is 1. The number of para-hydroxylation sites is 1. The minimum atomic E-state index is -0.129. The molecule has 0 aromatic heterocycles. The van der Waals surface area contributed by atoms with Crippen LogP contribution in [0.4, 0.5) is 0 Å². The van der Waals surface area contributed by atoms with Crippen LogP contribution in [0.1, 0.15) is 11.5 Å². The number of carbonyl (C=O) groups excluding carboxylic acids is 1. The van der Waals surface area contributed by atoms with Crippen LogP contribution in [0.5, 0.6) is 5.75 Å². The predicted octanol–water partition coefficient (Wildman–Crippen LogP) is 0.497. The van der Waals surface area contributed by atoms with Gasteiger partial charge in [0.05, 0.1) is 0 Å². The van der Waals surface area contributed by atoms with Crippen molar-refractivity contribution >= 4 is 5.91 Å². The molecule has 4 heteroatoms. The highest BCUT2D eigenvalue weighted by Crippen LogP contribution is 2.42. The molecule has 1 amide bonds. The third-order valence-electron chi connectivity index (χ3n) is 4.42. The SMILES string of the molecule is O=C(NC1C2CNCC21)C1COc2ccccc21. The summed E-state index contributed by atoms with van der Waals surface area (Å²) in [7, 11) is 0. The molecule has 94 valence electrons. The number of piperidine rings is 1. The Balaban J connectivity index is 1.47. The average Bonchev–Trinajstić information content (AvgIpc) is 2.84. The van der Waals surface area contributed by atoms with Crippen molar-refractivity contribution in [3.8, 4) is 5.75 Å². The second-order valence-electron chi connectivity index (χ2n) is 5.42. The van der Waals surface area contributed by atoms with Crippen LogP contribution in [0, 0.1) is 11.8 Å². The number of benzene rings is 1. The molecule has 3 aliphatic rings. The molecular formula is C14H16N2O2. The Labute approximate surface area is 106 Å². The molecular weight excluding hydrogens is 228 g/mol. The van der Waals surface area contributed by atoms with E-state index in [1.807, 2.05) is 24.3 Å². The van der Waals surface area contributed by atoms with Crippen LogP contribution in [0.3, 0.4) is 0 Å². The first kappa shape index (κ1) is 10.4. The molecule has 0 radical (unpaired) electrons. The van der Waals surface area contributed by atoms with Crippen LogP contribution >= 0.6 is 0 Å². The molecule has 1 aliphatic carbocycles. The Bertz CT molecular complexity index is 492. The van der Waals surface area contributed by atoms with E-state index in [0.29, 0.717) is 24.5 Å². The Morgan fingerprint density at radius 1 is 1.28 bits per heavy atom. The average molecular weight is 244 g/mol. The van der Waals surface area contributed by atoms with Gasteiger partial charge < -0.3 is 15.4 Å². The summed E-state index contributed by atoms with van der Waals surface area (Å²) < 4.78 is 5.55. The van der Waals surface area contributed by atoms with E-state index >= 15 is 0 Å². The van der Waals surface area contributed by atoms with Crippen LogP contribution < -0.4 is 15.4 Å². The van der Waals surface area contributed by atoms with E-state index in [9.17, 15) is 4.79 Å². The fourth-order valence-electron chi connectivity index (χ4n) is 3.28. The van der Waals surface area contributed by atoms with Crippen LogP contribution in [-0.2, 0) is 4.79 Å². The second-order valence-corrected chi connectivity index (χ2v) is 5.42. The van der Waals surface area contributed by atoms with Gasteiger partial charge in [0.1, 0.15) is 18.3 Å². The van der Waals surface area contributed by atoms with Gasteiger partial charge in [0.2, 0.25) is 5.91 Å². The molecule has 3 unspecified atom stereocenters. The lowest BCUT2D eigenvalue weighted by Gasteiger charge is -2.11. The molecule has 2 fully saturated rings. The standard InChI is InChI=1S/C14H16N2O2/c17-14(16-13-9-5-15-6-10(9)13)11-7-18-12-4-2-1-3-8(11)12/h1-4,9-11,13,15H,5-7H2,(H,16,17). The molecule has 3 atom stereocenters. The first-order chi connectivity index (χ1) is 8.84. The zero-order chi connectivity index (χ0) is 12.1. The number of rotatable bonds is 2. The molecule has 1 aromatic carbocycles. The molecule has 1 aromatic rings. The molecule has 0 spiro atoms. The van der Waals surface area contributed by atoms with Crippen LogP contribution in [0.2, 0.25) is 0 Å². The molecule has 0 bridgehead atoms.